The molecule has 1 aliphatic carbocycles. The van der Waals surface area contributed by atoms with E-state index in [1.165, 1.54) is 19.0 Å². The molecule has 2 fully saturated rings. The zero-order valence-electron chi connectivity index (χ0n) is 32.8. The number of hydrogen-bond donors (Lipinski definition) is 4. The van der Waals surface area contributed by atoms with Crippen LogP contribution in [0.25, 0.3) is 11.0 Å². The van der Waals surface area contributed by atoms with E-state index in [0.717, 1.165) is 41.1 Å². The average Bonchev–Trinajstić information content (AvgIpc) is 3.47. The first-order valence-electron chi connectivity index (χ1n) is 19.5. The Kier molecular flexibility index (Phi) is 12.4. The number of rotatable bonds is 10. The Labute approximate surface area is 328 Å². The Balaban J connectivity index is 1.24. The normalized spacial score (nSPS) is 25.1. The van der Waals surface area contributed by atoms with E-state index < -0.39 is 45.6 Å². The summed E-state index contributed by atoms with van der Waals surface area (Å²) >= 11 is 0. The average molecular weight is 791 g/mol. The zero-order chi connectivity index (χ0) is 40.2. The lowest BCUT2D eigenvalue weighted by Crippen LogP contribution is -2.57. The van der Waals surface area contributed by atoms with Crippen molar-refractivity contribution in [1.82, 2.24) is 34.1 Å². The van der Waals surface area contributed by atoms with Gasteiger partial charge in [-0.25, -0.2) is 9.52 Å². The molecule has 6 rings (SSSR count). The number of carbonyl (C=O) groups is 4. The number of carbonyl (C=O) groups excluding carboxylic acids is 4. The van der Waals surface area contributed by atoms with Crippen LogP contribution in [0.5, 0.6) is 6.01 Å². The number of nitrogens with zero attached hydrogens (tertiary/aromatic N) is 4. The Hall–Kier alpha value is -4.96. The highest BCUT2D eigenvalue weighted by Crippen LogP contribution is 2.46. The largest absolute Gasteiger partial charge is 0.459 e. The molecule has 4 N–H and O–H groups in total. The van der Waals surface area contributed by atoms with Gasteiger partial charge in [0.15, 0.2) is 0 Å². The molecule has 0 bridgehead atoms. The van der Waals surface area contributed by atoms with Gasteiger partial charge in [-0.05, 0) is 63.6 Å². The van der Waals surface area contributed by atoms with Crippen molar-refractivity contribution >= 4 is 50.7 Å². The van der Waals surface area contributed by atoms with Crippen molar-refractivity contribution in [3.05, 3.63) is 66.2 Å². The van der Waals surface area contributed by atoms with Crippen molar-refractivity contribution < 1.29 is 32.3 Å². The summed E-state index contributed by atoms with van der Waals surface area (Å²) in [5.74, 6) is -2.33. The monoisotopic (exact) mass is 790 g/mol. The predicted molar refractivity (Wildman–Crippen MR) is 213 cm³/mol. The maximum Gasteiger partial charge on any atom is 0.319 e. The molecule has 0 unspecified atom stereocenters. The maximum atomic E-state index is 14.3. The van der Waals surface area contributed by atoms with E-state index >= 15 is 0 Å². The van der Waals surface area contributed by atoms with Crippen LogP contribution in [-0.2, 0) is 31.0 Å². The molecule has 3 heterocycles. The molecular weight excluding hydrogens is 737 g/mol. The van der Waals surface area contributed by atoms with Crippen LogP contribution >= 0.6 is 0 Å². The fraction of sp³-hybridized carbons (Fsp3) is 0.525. The third-order valence-corrected chi connectivity index (χ3v) is 12.3. The van der Waals surface area contributed by atoms with Crippen molar-refractivity contribution in [2.45, 2.75) is 95.9 Å². The van der Waals surface area contributed by atoms with Gasteiger partial charge in [-0.2, -0.15) is 17.7 Å². The number of aromatic nitrogens is 2. The van der Waals surface area contributed by atoms with Crippen LogP contribution in [0.1, 0.15) is 77.3 Å². The summed E-state index contributed by atoms with van der Waals surface area (Å²) in [6.07, 6.45) is 8.35. The van der Waals surface area contributed by atoms with E-state index in [0.29, 0.717) is 30.6 Å². The first kappa shape index (κ1) is 40.7. The Morgan fingerprint density at radius 1 is 1.07 bits per heavy atom. The topological polar surface area (TPSA) is 184 Å². The first-order chi connectivity index (χ1) is 26.7. The lowest BCUT2D eigenvalue weighted by atomic mass is 10.0. The summed E-state index contributed by atoms with van der Waals surface area (Å²) in [4.78, 5) is 61.2. The van der Waals surface area contributed by atoms with Crippen LogP contribution in [0.2, 0.25) is 0 Å². The van der Waals surface area contributed by atoms with Gasteiger partial charge in [0.05, 0.1) is 17.7 Å². The highest BCUT2D eigenvalue weighted by Gasteiger charge is 2.61. The Morgan fingerprint density at radius 2 is 1.84 bits per heavy atom. The molecule has 5 atom stereocenters. The number of benzene rings is 2. The summed E-state index contributed by atoms with van der Waals surface area (Å²) in [5, 5.41) is 8.72. The van der Waals surface area contributed by atoms with Crippen LogP contribution < -0.4 is 25.4 Å². The smallest absolute Gasteiger partial charge is 0.319 e. The molecule has 0 spiro atoms. The highest BCUT2D eigenvalue weighted by molar-refractivity contribution is 7.87. The molecule has 56 heavy (non-hydrogen) atoms. The van der Waals surface area contributed by atoms with Crippen LogP contribution in [0.15, 0.2) is 60.7 Å². The number of anilines is 1. The van der Waals surface area contributed by atoms with Gasteiger partial charge in [0, 0.05) is 44.9 Å². The van der Waals surface area contributed by atoms with Crippen molar-refractivity contribution in [1.29, 1.82) is 0 Å². The molecule has 2 aliphatic heterocycles. The molecule has 0 radical (unpaired) electrons. The number of amides is 5. The van der Waals surface area contributed by atoms with Crippen molar-refractivity contribution in [3.8, 4) is 6.01 Å². The standard InChI is InChI=1S/C40H54N8O7S/c1-26(2)48-32-20-14-19-31(42-38(52)41-22-21-28-16-11-9-12-17-28)34(32)43-39(48)55-30-23-33-35(49)44-40(37(51)45-56(53,54)46(4)5)24-29(40)18-13-8-6-7-10-15-27(3)36(50)47(33)25-30/h9,11-14,16-20,26-27,29-30,33H,6-8,10,15,21-25H2,1-5H3,(H,44,49)(H,45,51)(H2,41,42,52)/b18-13-/t27-,29+,30+,33-,40+/m0/s1. The van der Waals surface area contributed by atoms with Crippen LogP contribution in [0.3, 0.4) is 0 Å². The molecule has 5 amide bonds. The Morgan fingerprint density at radius 3 is 2.57 bits per heavy atom. The second kappa shape index (κ2) is 17.0. The molecule has 3 aliphatic rings. The third-order valence-electron chi connectivity index (χ3n) is 10.9. The van der Waals surface area contributed by atoms with E-state index in [9.17, 15) is 27.6 Å². The molecule has 302 valence electrons. The van der Waals surface area contributed by atoms with Gasteiger partial charge < -0.3 is 25.6 Å². The number of fused-ring (bicyclic) bond motifs is 3. The third kappa shape index (κ3) is 9.02. The van der Waals surface area contributed by atoms with Gasteiger partial charge in [-0.3, -0.25) is 19.0 Å². The molecule has 15 nitrogen and oxygen atoms in total. The van der Waals surface area contributed by atoms with E-state index in [-0.39, 0.29) is 49.3 Å². The number of hydrogen-bond acceptors (Lipinski definition) is 8. The van der Waals surface area contributed by atoms with E-state index in [1.807, 2.05) is 80.0 Å². The fourth-order valence-corrected chi connectivity index (χ4v) is 8.17. The van der Waals surface area contributed by atoms with Crippen LogP contribution in [0.4, 0.5) is 10.5 Å². The quantitative estimate of drug-likeness (QED) is 0.220. The van der Waals surface area contributed by atoms with Gasteiger partial charge in [-0.1, -0.05) is 68.3 Å². The summed E-state index contributed by atoms with van der Waals surface area (Å²) in [5.41, 5.74) is 1.39. The second-order valence-corrected chi connectivity index (χ2v) is 17.5. The molecule has 16 heteroatoms. The number of para-hydroxylation sites is 1. The highest BCUT2D eigenvalue weighted by atomic mass is 32.2. The van der Waals surface area contributed by atoms with Crippen molar-refractivity contribution in [2.24, 2.45) is 11.8 Å². The minimum atomic E-state index is -4.13. The number of urea groups is 1. The Bertz CT molecular complexity index is 2070. The molecule has 1 saturated heterocycles. The van der Waals surface area contributed by atoms with Gasteiger partial charge in [0.25, 0.3) is 11.9 Å². The summed E-state index contributed by atoms with van der Waals surface area (Å²) in [7, 11) is -1.51. The number of allylic oxidation sites excluding steroid dienone is 1. The van der Waals surface area contributed by atoms with Gasteiger partial charge in [-0.15, -0.1) is 0 Å². The summed E-state index contributed by atoms with van der Waals surface area (Å²) in [6, 6.07) is 14.2. The van der Waals surface area contributed by atoms with Gasteiger partial charge in [0.2, 0.25) is 11.8 Å². The molecule has 1 saturated carbocycles. The molecular formula is C40H54N8O7S. The second-order valence-electron chi connectivity index (χ2n) is 15.6. The SMILES string of the molecule is CC(C)n1c(O[C@@H]2C[C@H]3C(=O)N[C@]4(C(=O)NS(=O)(=O)N(C)C)C[C@H]4/C=C\CCCCC[C@H](C)C(=O)N3C2)nc2c(NC(=O)NCCc3ccccc3)cccc21. The van der Waals surface area contributed by atoms with E-state index in [4.69, 9.17) is 9.72 Å². The lowest BCUT2D eigenvalue weighted by Gasteiger charge is -2.28. The first-order valence-corrected chi connectivity index (χ1v) is 20.9. The number of nitrogens with one attached hydrogen (secondary N) is 4. The van der Waals surface area contributed by atoms with Crippen LogP contribution in [-0.4, -0.2) is 95.8 Å². The molecule has 1 aromatic heterocycles. The maximum absolute atomic E-state index is 14.3. The minimum Gasteiger partial charge on any atom is -0.459 e. The summed E-state index contributed by atoms with van der Waals surface area (Å²) < 4.78 is 36.8. The van der Waals surface area contributed by atoms with E-state index in [1.54, 1.807) is 6.07 Å². The minimum absolute atomic E-state index is 0.0987. The molecule has 2 aromatic carbocycles. The fourth-order valence-electron chi connectivity index (χ4n) is 7.58. The number of ether oxygens (including phenoxy) is 1. The lowest BCUT2D eigenvalue weighted by molar-refractivity contribution is -0.142. The van der Waals surface area contributed by atoms with Crippen LogP contribution in [0, 0.1) is 11.8 Å². The van der Waals surface area contributed by atoms with Gasteiger partial charge >= 0.3 is 16.2 Å². The van der Waals surface area contributed by atoms with E-state index in [2.05, 4.69) is 20.7 Å². The van der Waals surface area contributed by atoms with Gasteiger partial charge in [0.1, 0.15) is 23.2 Å². The van der Waals surface area contributed by atoms with Crippen molar-refractivity contribution in [3.63, 3.8) is 0 Å². The zero-order valence-corrected chi connectivity index (χ0v) is 33.6. The van der Waals surface area contributed by atoms with Crippen molar-refractivity contribution in [2.75, 3.05) is 32.5 Å². The summed E-state index contributed by atoms with van der Waals surface area (Å²) in [6.45, 7) is 6.40. The molecule has 3 aromatic rings. The predicted octanol–water partition coefficient (Wildman–Crippen LogP) is 4.28. The number of imidazole rings is 1.